The van der Waals surface area contributed by atoms with Gasteiger partial charge < -0.3 is 5.32 Å². The minimum atomic E-state index is -0.220. The van der Waals surface area contributed by atoms with Crippen LogP contribution in [0.25, 0.3) is 0 Å². The van der Waals surface area contributed by atoms with E-state index in [2.05, 4.69) is 17.0 Å². The molecule has 1 atom stereocenters. The van der Waals surface area contributed by atoms with Crippen LogP contribution in [0.1, 0.15) is 34.1 Å². The minimum absolute atomic E-state index is 0.0316. The zero-order valence-electron chi connectivity index (χ0n) is 11.7. The Labute approximate surface area is 109 Å². The van der Waals surface area contributed by atoms with Crippen molar-refractivity contribution in [1.82, 2.24) is 15.1 Å². The molecule has 0 saturated carbocycles. The van der Waals surface area contributed by atoms with Gasteiger partial charge in [0.1, 0.15) is 0 Å². The van der Waals surface area contributed by atoms with Crippen molar-refractivity contribution in [2.75, 3.05) is 6.54 Å². The van der Waals surface area contributed by atoms with Crippen LogP contribution in [-0.2, 0) is 10.3 Å². The molecule has 0 aliphatic heterocycles. The van der Waals surface area contributed by atoms with Gasteiger partial charge in [-0.3, -0.25) is 9.48 Å². The lowest BCUT2D eigenvalue weighted by atomic mass is 10.0. The molecule has 0 aliphatic carbocycles. The molecule has 1 rings (SSSR count). The number of allylic oxidation sites excluding steroid dienone is 1. The number of carbonyl (C=O) groups is 1. The third kappa shape index (κ3) is 4.02. The van der Waals surface area contributed by atoms with Gasteiger partial charge in [0.15, 0.2) is 0 Å². The first-order chi connectivity index (χ1) is 8.33. The average molecular weight is 249 g/mol. The third-order valence-electron chi connectivity index (χ3n) is 2.92. The average Bonchev–Trinajstić information content (AvgIpc) is 2.78. The molecule has 0 saturated heterocycles. The Morgan fingerprint density at radius 1 is 1.56 bits per heavy atom. The largest absolute Gasteiger partial charge is 0.353 e. The maximum Gasteiger partial charge on any atom is 0.223 e. The minimum Gasteiger partial charge on any atom is -0.353 e. The Bertz CT molecular complexity index is 407. The summed E-state index contributed by atoms with van der Waals surface area (Å²) in [6.45, 7) is 12.4. The van der Waals surface area contributed by atoms with Crippen molar-refractivity contribution in [3.63, 3.8) is 0 Å². The first-order valence-corrected chi connectivity index (χ1v) is 6.25. The summed E-state index contributed by atoms with van der Waals surface area (Å²) in [7, 11) is 0. The fourth-order valence-electron chi connectivity index (χ4n) is 1.80. The first kappa shape index (κ1) is 14.5. The smallest absolute Gasteiger partial charge is 0.223 e. The van der Waals surface area contributed by atoms with Crippen LogP contribution >= 0.6 is 0 Å². The second-order valence-electron chi connectivity index (χ2n) is 5.54. The molecule has 0 fully saturated rings. The van der Waals surface area contributed by atoms with Crippen LogP contribution in [0.15, 0.2) is 30.6 Å². The second-order valence-corrected chi connectivity index (χ2v) is 5.54. The standard InChI is InChI=1S/C14H23N3O/c1-11(2)9-12(3)13(18)15-10-14(4,5)17-8-6-7-16-17/h6-8,12H,1,9-10H2,2-5H3,(H,15,18). The summed E-state index contributed by atoms with van der Waals surface area (Å²) in [5.41, 5.74) is 0.811. The summed E-state index contributed by atoms with van der Waals surface area (Å²) < 4.78 is 1.86. The first-order valence-electron chi connectivity index (χ1n) is 6.25. The molecule has 4 nitrogen and oxygen atoms in total. The van der Waals surface area contributed by atoms with Crippen LogP contribution < -0.4 is 5.32 Å². The molecule has 0 radical (unpaired) electrons. The van der Waals surface area contributed by atoms with E-state index >= 15 is 0 Å². The number of nitrogens with one attached hydrogen (secondary N) is 1. The fraction of sp³-hybridized carbons (Fsp3) is 0.571. The van der Waals surface area contributed by atoms with Gasteiger partial charge in [0.05, 0.1) is 5.54 Å². The molecule has 1 amide bonds. The van der Waals surface area contributed by atoms with E-state index in [-0.39, 0.29) is 17.4 Å². The number of amides is 1. The summed E-state index contributed by atoms with van der Waals surface area (Å²) in [5.74, 6) is 0.0363. The van der Waals surface area contributed by atoms with Gasteiger partial charge in [-0.15, -0.1) is 6.58 Å². The molecular weight excluding hydrogens is 226 g/mol. The summed E-state index contributed by atoms with van der Waals surface area (Å²) in [6.07, 6.45) is 4.38. The van der Waals surface area contributed by atoms with Crippen LogP contribution in [-0.4, -0.2) is 22.2 Å². The van der Waals surface area contributed by atoms with Crippen molar-refractivity contribution >= 4 is 5.91 Å². The van der Waals surface area contributed by atoms with E-state index in [0.29, 0.717) is 6.54 Å². The highest BCUT2D eigenvalue weighted by atomic mass is 16.1. The molecule has 1 aromatic heterocycles. The highest BCUT2D eigenvalue weighted by molar-refractivity contribution is 5.78. The molecule has 1 N–H and O–H groups in total. The van der Waals surface area contributed by atoms with E-state index < -0.39 is 0 Å². The maximum atomic E-state index is 11.9. The van der Waals surface area contributed by atoms with E-state index in [9.17, 15) is 4.79 Å². The number of carbonyl (C=O) groups excluding carboxylic acids is 1. The predicted octanol–water partition coefficient (Wildman–Crippen LogP) is 2.34. The van der Waals surface area contributed by atoms with Crippen molar-refractivity contribution in [2.45, 2.75) is 39.7 Å². The Morgan fingerprint density at radius 3 is 2.72 bits per heavy atom. The van der Waals surface area contributed by atoms with Crippen LogP contribution in [0.5, 0.6) is 0 Å². The SMILES string of the molecule is C=C(C)CC(C)C(=O)NCC(C)(C)n1cccn1. The monoisotopic (exact) mass is 249 g/mol. The lowest BCUT2D eigenvalue weighted by Crippen LogP contribution is -2.42. The normalized spacial score (nSPS) is 13.1. The number of hydrogen-bond acceptors (Lipinski definition) is 2. The Balaban J connectivity index is 2.50. The number of aromatic nitrogens is 2. The van der Waals surface area contributed by atoms with Crippen LogP contribution in [0.3, 0.4) is 0 Å². The van der Waals surface area contributed by atoms with Crippen molar-refractivity contribution in [3.8, 4) is 0 Å². The molecule has 4 heteroatoms. The number of hydrogen-bond donors (Lipinski definition) is 1. The summed E-state index contributed by atoms with van der Waals surface area (Å²) >= 11 is 0. The van der Waals surface area contributed by atoms with Gasteiger partial charge >= 0.3 is 0 Å². The van der Waals surface area contributed by atoms with E-state index in [1.165, 1.54) is 0 Å². The van der Waals surface area contributed by atoms with Crippen LogP contribution in [0, 0.1) is 5.92 Å². The van der Waals surface area contributed by atoms with Gasteiger partial charge in [-0.1, -0.05) is 12.5 Å². The molecule has 1 heterocycles. The van der Waals surface area contributed by atoms with Crippen molar-refractivity contribution in [3.05, 3.63) is 30.6 Å². The molecule has 1 aromatic rings. The number of nitrogens with zero attached hydrogens (tertiary/aromatic N) is 2. The highest BCUT2D eigenvalue weighted by Gasteiger charge is 2.22. The molecule has 100 valence electrons. The number of rotatable bonds is 6. The van der Waals surface area contributed by atoms with E-state index in [0.717, 1.165) is 12.0 Å². The maximum absolute atomic E-state index is 11.9. The van der Waals surface area contributed by atoms with Crippen LogP contribution in [0.2, 0.25) is 0 Å². The van der Waals surface area contributed by atoms with Gasteiger partial charge in [-0.2, -0.15) is 5.10 Å². The Hall–Kier alpha value is -1.58. The predicted molar refractivity (Wildman–Crippen MR) is 73.2 cm³/mol. The molecule has 0 aromatic carbocycles. The van der Waals surface area contributed by atoms with Gasteiger partial charge in [-0.05, 0) is 33.3 Å². The van der Waals surface area contributed by atoms with E-state index in [1.807, 2.05) is 44.6 Å². The summed E-state index contributed by atoms with van der Waals surface area (Å²) in [6, 6.07) is 1.88. The topological polar surface area (TPSA) is 46.9 Å². The van der Waals surface area contributed by atoms with Gasteiger partial charge in [0.25, 0.3) is 0 Å². The quantitative estimate of drug-likeness (QED) is 0.787. The zero-order valence-corrected chi connectivity index (χ0v) is 11.7. The van der Waals surface area contributed by atoms with Gasteiger partial charge in [0, 0.05) is 24.9 Å². The van der Waals surface area contributed by atoms with E-state index in [1.54, 1.807) is 6.20 Å². The third-order valence-corrected chi connectivity index (χ3v) is 2.92. The van der Waals surface area contributed by atoms with Gasteiger partial charge in [0.2, 0.25) is 5.91 Å². The molecular formula is C14H23N3O. The van der Waals surface area contributed by atoms with E-state index in [4.69, 9.17) is 0 Å². The van der Waals surface area contributed by atoms with Crippen molar-refractivity contribution < 1.29 is 4.79 Å². The van der Waals surface area contributed by atoms with Crippen LogP contribution in [0.4, 0.5) is 0 Å². The molecule has 0 bridgehead atoms. The van der Waals surface area contributed by atoms with Crippen molar-refractivity contribution in [2.24, 2.45) is 5.92 Å². The zero-order chi connectivity index (χ0) is 13.8. The lowest BCUT2D eigenvalue weighted by molar-refractivity contribution is -0.124. The summed E-state index contributed by atoms with van der Waals surface area (Å²) in [5, 5.41) is 7.19. The van der Waals surface area contributed by atoms with Gasteiger partial charge in [-0.25, -0.2) is 0 Å². The summed E-state index contributed by atoms with van der Waals surface area (Å²) in [4.78, 5) is 11.9. The molecule has 0 aliphatic rings. The second kappa shape index (κ2) is 5.85. The Kier molecular flexibility index (Phi) is 4.70. The lowest BCUT2D eigenvalue weighted by Gasteiger charge is -2.26. The fourth-order valence-corrected chi connectivity index (χ4v) is 1.80. The molecule has 1 unspecified atom stereocenters. The van der Waals surface area contributed by atoms with Crippen molar-refractivity contribution in [1.29, 1.82) is 0 Å². The molecule has 0 spiro atoms. The Morgan fingerprint density at radius 2 is 2.22 bits per heavy atom. The highest BCUT2D eigenvalue weighted by Crippen LogP contribution is 2.13. The molecule has 18 heavy (non-hydrogen) atoms.